The maximum atomic E-state index is 5.96. The molecule has 0 saturated carbocycles. The summed E-state index contributed by atoms with van der Waals surface area (Å²) in [5, 5.41) is 7.75. The summed E-state index contributed by atoms with van der Waals surface area (Å²) >= 11 is 0. The van der Waals surface area contributed by atoms with Crippen LogP contribution < -0.4 is 5.32 Å². The Balaban J connectivity index is 1.38. The minimum Gasteiger partial charge on any atom is -0.386 e. The zero-order valence-electron chi connectivity index (χ0n) is 13.3. The first-order valence-corrected chi connectivity index (χ1v) is 8.39. The normalized spacial score (nSPS) is 32.3. The van der Waals surface area contributed by atoms with Crippen molar-refractivity contribution in [2.24, 2.45) is 18.1 Å². The lowest BCUT2D eigenvalue weighted by Crippen LogP contribution is -2.59. The Hall–Kier alpha value is -2.08. The monoisotopic (exact) mass is 311 g/mol. The number of para-hydroxylation sites is 2. The molecule has 0 aliphatic carbocycles. The molecule has 2 aromatic rings. The standard InChI is InChI=1S/C17H21N5O/c1-21-14-5-3-2-4-13(14)18-16(21)19-15-10-17(23-20-15)11-22-8-6-12(17)7-9-22/h2-5,12H,6-11H2,1H3,(H,18,19,20)/t17-/m0/s1. The number of amidine groups is 1. The van der Waals surface area contributed by atoms with Gasteiger partial charge in [0.25, 0.3) is 0 Å². The molecule has 3 saturated heterocycles. The number of nitrogens with zero attached hydrogens (tertiary/aromatic N) is 4. The molecule has 120 valence electrons. The van der Waals surface area contributed by atoms with Crippen LogP contribution in [0.4, 0.5) is 5.95 Å². The molecule has 4 aliphatic rings. The fourth-order valence-electron chi connectivity index (χ4n) is 4.38. The molecule has 1 N–H and O–H groups in total. The lowest BCUT2D eigenvalue weighted by molar-refractivity contribution is -0.136. The van der Waals surface area contributed by atoms with E-state index in [-0.39, 0.29) is 5.60 Å². The second-order valence-electron chi connectivity index (χ2n) is 7.03. The Morgan fingerprint density at radius 3 is 2.83 bits per heavy atom. The Morgan fingerprint density at radius 2 is 2.09 bits per heavy atom. The molecule has 1 atom stereocenters. The zero-order valence-corrected chi connectivity index (χ0v) is 13.3. The molecule has 0 unspecified atom stereocenters. The largest absolute Gasteiger partial charge is 0.386 e. The summed E-state index contributed by atoms with van der Waals surface area (Å²) in [7, 11) is 2.03. The minimum absolute atomic E-state index is 0.108. The van der Waals surface area contributed by atoms with Crippen LogP contribution in [0.2, 0.25) is 0 Å². The number of hydrogen-bond acceptors (Lipinski definition) is 5. The molecule has 6 rings (SSSR count). The van der Waals surface area contributed by atoms with Crippen molar-refractivity contribution in [3.05, 3.63) is 24.3 Å². The number of aromatic nitrogens is 2. The van der Waals surface area contributed by atoms with Gasteiger partial charge in [-0.15, -0.1) is 0 Å². The van der Waals surface area contributed by atoms with Gasteiger partial charge >= 0.3 is 0 Å². The average Bonchev–Trinajstić information content (AvgIpc) is 3.11. The molecule has 4 aliphatic heterocycles. The fraction of sp³-hybridized carbons (Fsp3) is 0.529. The van der Waals surface area contributed by atoms with E-state index in [0.29, 0.717) is 5.92 Å². The van der Waals surface area contributed by atoms with Crippen molar-refractivity contribution in [3.8, 4) is 0 Å². The molecule has 3 fully saturated rings. The van der Waals surface area contributed by atoms with Gasteiger partial charge in [-0.3, -0.25) is 4.90 Å². The van der Waals surface area contributed by atoms with Crippen molar-refractivity contribution < 1.29 is 4.84 Å². The molecule has 23 heavy (non-hydrogen) atoms. The SMILES string of the molecule is Cn1c(NC2=NO[C@@]3(C2)CN2CCC3CC2)nc2ccccc21. The predicted octanol–water partition coefficient (Wildman–Crippen LogP) is 2.18. The first-order valence-electron chi connectivity index (χ1n) is 8.39. The number of anilines is 1. The maximum Gasteiger partial charge on any atom is 0.209 e. The van der Waals surface area contributed by atoms with E-state index >= 15 is 0 Å². The van der Waals surface area contributed by atoms with Crippen LogP contribution in [0.3, 0.4) is 0 Å². The molecule has 0 amide bonds. The molecular weight excluding hydrogens is 290 g/mol. The summed E-state index contributed by atoms with van der Waals surface area (Å²) in [6.07, 6.45) is 3.32. The van der Waals surface area contributed by atoms with E-state index in [1.165, 1.54) is 25.9 Å². The number of benzene rings is 1. The van der Waals surface area contributed by atoms with E-state index in [1.54, 1.807) is 0 Å². The third-order valence-corrected chi connectivity index (χ3v) is 5.67. The molecule has 1 aromatic carbocycles. The van der Waals surface area contributed by atoms with Crippen molar-refractivity contribution in [1.82, 2.24) is 14.5 Å². The van der Waals surface area contributed by atoms with Crippen LogP contribution >= 0.6 is 0 Å². The molecule has 5 heterocycles. The molecule has 0 radical (unpaired) electrons. The summed E-state index contributed by atoms with van der Waals surface area (Å²) in [4.78, 5) is 13.1. The van der Waals surface area contributed by atoms with Gasteiger partial charge in [0.05, 0.1) is 17.5 Å². The van der Waals surface area contributed by atoms with Crippen molar-refractivity contribution in [1.29, 1.82) is 0 Å². The minimum atomic E-state index is -0.108. The van der Waals surface area contributed by atoms with Crippen molar-refractivity contribution in [2.45, 2.75) is 24.9 Å². The number of aryl methyl sites for hydroxylation is 1. The van der Waals surface area contributed by atoms with Gasteiger partial charge in [0.1, 0.15) is 0 Å². The highest BCUT2D eigenvalue weighted by Gasteiger charge is 2.52. The summed E-state index contributed by atoms with van der Waals surface area (Å²) < 4.78 is 2.07. The van der Waals surface area contributed by atoms with Gasteiger partial charge < -0.3 is 14.7 Å². The first kappa shape index (κ1) is 13.4. The van der Waals surface area contributed by atoms with Gasteiger partial charge in [-0.1, -0.05) is 17.3 Å². The molecule has 6 nitrogen and oxygen atoms in total. The zero-order chi connectivity index (χ0) is 15.4. The van der Waals surface area contributed by atoms with Crippen LogP contribution in [0.5, 0.6) is 0 Å². The molecule has 1 spiro atoms. The van der Waals surface area contributed by atoms with E-state index in [9.17, 15) is 0 Å². The Morgan fingerprint density at radius 1 is 1.26 bits per heavy atom. The summed E-state index contributed by atoms with van der Waals surface area (Å²) in [6.45, 7) is 3.43. The molecular formula is C17H21N5O. The Bertz CT molecular complexity index is 789. The lowest BCUT2D eigenvalue weighted by atomic mass is 9.73. The van der Waals surface area contributed by atoms with Gasteiger partial charge in [-0.25, -0.2) is 4.98 Å². The summed E-state index contributed by atoms with van der Waals surface area (Å²) in [5.74, 6) is 2.36. The predicted molar refractivity (Wildman–Crippen MR) is 89.4 cm³/mol. The van der Waals surface area contributed by atoms with Crippen molar-refractivity contribution in [3.63, 3.8) is 0 Å². The highest BCUT2D eigenvalue weighted by molar-refractivity contribution is 5.96. The third kappa shape index (κ3) is 1.97. The van der Waals surface area contributed by atoms with Crippen LogP contribution in [-0.4, -0.2) is 45.5 Å². The van der Waals surface area contributed by atoms with Crippen LogP contribution in [0.15, 0.2) is 29.4 Å². The third-order valence-electron chi connectivity index (χ3n) is 5.67. The van der Waals surface area contributed by atoms with Crippen LogP contribution in [0.25, 0.3) is 11.0 Å². The molecule has 2 bridgehead atoms. The van der Waals surface area contributed by atoms with Gasteiger partial charge in [0, 0.05) is 19.5 Å². The number of nitrogens with one attached hydrogen (secondary N) is 1. The van der Waals surface area contributed by atoms with Gasteiger partial charge in [0.15, 0.2) is 11.4 Å². The van der Waals surface area contributed by atoms with Crippen molar-refractivity contribution >= 4 is 22.8 Å². The summed E-state index contributed by atoms with van der Waals surface area (Å²) in [5.41, 5.74) is 2.00. The van der Waals surface area contributed by atoms with Crippen LogP contribution in [-0.2, 0) is 11.9 Å². The highest BCUT2D eigenvalue weighted by Crippen LogP contribution is 2.43. The van der Waals surface area contributed by atoms with Gasteiger partial charge in [-0.05, 0) is 38.1 Å². The number of fused-ring (bicyclic) bond motifs is 3. The van der Waals surface area contributed by atoms with E-state index in [2.05, 4.69) is 31.0 Å². The second-order valence-corrected chi connectivity index (χ2v) is 7.03. The average molecular weight is 311 g/mol. The number of hydrogen-bond donors (Lipinski definition) is 1. The van der Waals surface area contributed by atoms with E-state index in [4.69, 9.17) is 4.84 Å². The van der Waals surface area contributed by atoms with Crippen molar-refractivity contribution in [2.75, 3.05) is 25.0 Å². The first-order chi connectivity index (χ1) is 11.2. The maximum absolute atomic E-state index is 5.96. The van der Waals surface area contributed by atoms with E-state index < -0.39 is 0 Å². The Labute approximate surface area is 135 Å². The number of oxime groups is 1. The smallest absolute Gasteiger partial charge is 0.209 e. The highest BCUT2D eigenvalue weighted by atomic mass is 16.7. The van der Waals surface area contributed by atoms with E-state index in [0.717, 1.165) is 35.8 Å². The molecule has 6 heteroatoms. The van der Waals surface area contributed by atoms with Crippen LogP contribution in [0.1, 0.15) is 19.3 Å². The van der Waals surface area contributed by atoms with Gasteiger partial charge in [-0.2, -0.15) is 0 Å². The second kappa shape index (κ2) is 4.71. The van der Waals surface area contributed by atoms with Crippen LogP contribution in [0, 0.1) is 5.92 Å². The topological polar surface area (TPSA) is 54.7 Å². The Kier molecular flexibility index (Phi) is 2.74. The quantitative estimate of drug-likeness (QED) is 0.877. The molecule has 1 aromatic heterocycles. The number of rotatable bonds is 1. The van der Waals surface area contributed by atoms with Gasteiger partial charge in [0.2, 0.25) is 5.95 Å². The number of imidazole rings is 1. The summed E-state index contributed by atoms with van der Waals surface area (Å²) in [6, 6.07) is 8.15. The lowest BCUT2D eigenvalue weighted by Gasteiger charge is -2.49. The van der Waals surface area contributed by atoms with E-state index in [1.807, 2.05) is 25.2 Å². The number of piperidine rings is 3. The fourth-order valence-corrected chi connectivity index (χ4v) is 4.38.